The average Bonchev–Trinajstić information content (AvgIpc) is 2.44. The van der Waals surface area contributed by atoms with E-state index in [1.54, 1.807) is 13.1 Å². The Kier molecular flexibility index (Phi) is 2.05. The summed E-state index contributed by atoms with van der Waals surface area (Å²) < 4.78 is 2.61. The maximum absolute atomic E-state index is 11.6. The van der Waals surface area contributed by atoms with Crippen molar-refractivity contribution < 1.29 is 5.11 Å². The molecule has 1 atom stereocenters. The summed E-state index contributed by atoms with van der Waals surface area (Å²) in [6, 6.07) is 0. The lowest BCUT2D eigenvalue weighted by molar-refractivity contribution is 0.167. The first-order valence-corrected chi connectivity index (χ1v) is 4.26. The van der Waals surface area contributed by atoms with E-state index in [1.165, 1.54) is 21.5 Å². The molecule has 0 aliphatic rings. The molecule has 6 heteroatoms. The van der Waals surface area contributed by atoms with Crippen LogP contribution in [0, 0.1) is 0 Å². The summed E-state index contributed by atoms with van der Waals surface area (Å²) in [5.74, 6) is 0. The van der Waals surface area contributed by atoms with Gasteiger partial charge in [0.05, 0.1) is 18.8 Å². The van der Waals surface area contributed by atoms with Crippen molar-refractivity contribution in [2.75, 3.05) is 0 Å². The molecule has 2 rings (SSSR count). The van der Waals surface area contributed by atoms with E-state index in [9.17, 15) is 4.79 Å². The van der Waals surface area contributed by atoms with Gasteiger partial charge in [-0.25, -0.2) is 13.9 Å². The minimum Gasteiger partial charge on any atom is -0.391 e. The third-order valence-electron chi connectivity index (χ3n) is 1.83. The summed E-state index contributed by atoms with van der Waals surface area (Å²) >= 11 is 0. The monoisotopic (exact) mass is 194 g/mol. The van der Waals surface area contributed by atoms with Gasteiger partial charge in [0, 0.05) is 12.4 Å². The minimum absolute atomic E-state index is 0.195. The quantitative estimate of drug-likeness (QED) is 0.684. The van der Waals surface area contributed by atoms with Crippen molar-refractivity contribution in [1.82, 2.24) is 19.2 Å². The first kappa shape index (κ1) is 8.89. The van der Waals surface area contributed by atoms with Gasteiger partial charge in [-0.2, -0.15) is 0 Å². The molecule has 0 aliphatic heterocycles. The van der Waals surface area contributed by atoms with Gasteiger partial charge < -0.3 is 5.11 Å². The zero-order chi connectivity index (χ0) is 10.1. The van der Waals surface area contributed by atoms with Crippen LogP contribution in [0.15, 0.2) is 23.4 Å². The highest BCUT2D eigenvalue weighted by Crippen LogP contribution is 1.93. The zero-order valence-electron chi connectivity index (χ0n) is 7.66. The SMILES string of the molecule is CC(O)Cn1nc2cnccn2c1=O. The highest BCUT2D eigenvalue weighted by molar-refractivity contribution is 5.31. The summed E-state index contributed by atoms with van der Waals surface area (Å²) in [5.41, 5.74) is 0.224. The van der Waals surface area contributed by atoms with Crippen molar-refractivity contribution in [3.8, 4) is 0 Å². The molecule has 0 amide bonds. The van der Waals surface area contributed by atoms with Crippen LogP contribution in [0.3, 0.4) is 0 Å². The predicted molar refractivity (Wildman–Crippen MR) is 48.9 cm³/mol. The second-order valence-electron chi connectivity index (χ2n) is 3.12. The van der Waals surface area contributed by atoms with Crippen LogP contribution < -0.4 is 5.69 Å². The number of hydrogen-bond donors (Lipinski definition) is 1. The van der Waals surface area contributed by atoms with Crippen molar-refractivity contribution in [2.45, 2.75) is 19.6 Å². The molecule has 2 aromatic heterocycles. The first-order valence-electron chi connectivity index (χ1n) is 4.26. The molecule has 0 saturated heterocycles. The Bertz CT molecular complexity index is 499. The molecule has 0 bridgehead atoms. The molecular weight excluding hydrogens is 184 g/mol. The Balaban J connectivity index is 2.57. The maximum atomic E-state index is 11.6. The van der Waals surface area contributed by atoms with Crippen LogP contribution in [-0.2, 0) is 6.54 Å². The Morgan fingerprint density at radius 3 is 3.07 bits per heavy atom. The van der Waals surface area contributed by atoms with Gasteiger partial charge in [-0.15, -0.1) is 5.10 Å². The molecular formula is C8H10N4O2. The van der Waals surface area contributed by atoms with Crippen LogP contribution in [0.2, 0.25) is 0 Å². The molecule has 0 fully saturated rings. The summed E-state index contributed by atoms with van der Waals surface area (Å²) in [4.78, 5) is 15.4. The van der Waals surface area contributed by atoms with E-state index in [0.717, 1.165) is 0 Å². The van der Waals surface area contributed by atoms with Gasteiger partial charge in [0.2, 0.25) is 0 Å². The molecule has 0 aliphatic carbocycles. The molecule has 6 nitrogen and oxygen atoms in total. The van der Waals surface area contributed by atoms with Crippen LogP contribution in [0.25, 0.3) is 5.65 Å². The lowest BCUT2D eigenvalue weighted by atomic mass is 10.4. The summed E-state index contributed by atoms with van der Waals surface area (Å²) in [6.45, 7) is 1.80. The molecule has 0 radical (unpaired) electrons. The van der Waals surface area contributed by atoms with E-state index in [2.05, 4.69) is 10.1 Å². The lowest BCUT2D eigenvalue weighted by Crippen LogP contribution is -2.25. The molecule has 2 heterocycles. The van der Waals surface area contributed by atoms with Crippen molar-refractivity contribution in [1.29, 1.82) is 0 Å². The summed E-state index contributed by atoms with van der Waals surface area (Å²) in [7, 11) is 0. The molecule has 0 aromatic carbocycles. The summed E-state index contributed by atoms with van der Waals surface area (Å²) in [6.07, 6.45) is 3.97. The molecule has 74 valence electrons. The molecule has 14 heavy (non-hydrogen) atoms. The number of aliphatic hydroxyl groups excluding tert-OH is 1. The van der Waals surface area contributed by atoms with Crippen LogP contribution in [-0.4, -0.2) is 30.4 Å². The molecule has 1 N–H and O–H groups in total. The van der Waals surface area contributed by atoms with Crippen LogP contribution in [0.1, 0.15) is 6.92 Å². The smallest absolute Gasteiger partial charge is 0.350 e. The number of hydrogen-bond acceptors (Lipinski definition) is 4. The highest BCUT2D eigenvalue weighted by atomic mass is 16.3. The van der Waals surface area contributed by atoms with Gasteiger partial charge in [-0.1, -0.05) is 0 Å². The highest BCUT2D eigenvalue weighted by Gasteiger charge is 2.07. The van der Waals surface area contributed by atoms with E-state index in [-0.39, 0.29) is 12.2 Å². The Labute approximate surface area is 79.4 Å². The van der Waals surface area contributed by atoms with Gasteiger partial charge in [-0.3, -0.25) is 4.98 Å². The molecule has 0 saturated carbocycles. The van der Waals surface area contributed by atoms with Gasteiger partial charge in [0.25, 0.3) is 0 Å². The number of nitrogens with zero attached hydrogens (tertiary/aromatic N) is 4. The predicted octanol–water partition coefficient (Wildman–Crippen LogP) is -0.728. The van der Waals surface area contributed by atoms with Crippen molar-refractivity contribution in [3.05, 3.63) is 29.1 Å². The van der Waals surface area contributed by atoms with Gasteiger partial charge in [0.1, 0.15) is 0 Å². The lowest BCUT2D eigenvalue weighted by Gasteiger charge is -2.00. The topological polar surface area (TPSA) is 72.4 Å². The minimum atomic E-state index is -0.592. The second-order valence-corrected chi connectivity index (χ2v) is 3.12. The van der Waals surface area contributed by atoms with E-state index < -0.39 is 6.10 Å². The fourth-order valence-electron chi connectivity index (χ4n) is 1.25. The van der Waals surface area contributed by atoms with Crippen LogP contribution >= 0.6 is 0 Å². The molecule has 1 unspecified atom stereocenters. The number of aliphatic hydroxyl groups is 1. The largest absolute Gasteiger partial charge is 0.391 e. The second kappa shape index (κ2) is 3.22. The number of rotatable bonds is 2. The van der Waals surface area contributed by atoms with Gasteiger partial charge in [0.15, 0.2) is 5.65 Å². The van der Waals surface area contributed by atoms with E-state index >= 15 is 0 Å². The first-order chi connectivity index (χ1) is 6.68. The molecule has 2 aromatic rings. The third-order valence-corrected chi connectivity index (χ3v) is 1.83. The Hall–Kier alpha value is -1.69. The standard InChI is InChI=1S/C8H10N4O2/c1-6(13)5-12-8(14)11-3-2-9-4-7(11)10-12/h2-4,6,13H,5H2,1H3. The van der Waals surface area contributed by atoms with Gasteiger partial charge >= 0.3 is 5.69 Å². The number of aromatic nitrogens is 4. The maximum Gasteiger partial charge on any atom is 0.350 e. The van der Waals surface area contributed by atoms with E-state index in [0.29, 0.717) is 5.65 Å². The van der Waals surface area contributed by atoms with Crippen LogP contribution in [0.5, 0.6) is 0 Å². The van der Waals surface area contributed by atoms with Gasteiger partial charge in [-0.05, 0) is 6.92 Å². The molecule has 0 spiro atoms. The Morgan fingerprint density at radius 2 is 2.43 bits per heavy atom. The normalized spacial score (nSPS) is 13.3. The van der Waals surface area contributed by atoms with Crippen molar-refractivity contribution in [2.24, 2.45) is 0 Å². The van der Waals surface area contributed by atoms with Crippen molar-refractivity contribution in [3.63, 3.8) is 0 Å². The third kappa shape index (κ3) is 1.39. The zero-order valence-corrected chi connectivity index (χ0v) is 7.66. The van der Waals surface area contributed by atoms with Crippen molar-refractivity contribution >= 4 is 5.65 Å². The fraction of sp³-hybridized carbons (Fsp3) is 0.375. The Morgan fingerprint density at radius 1 is 1.64 bits per heavy atom. The van der Waals surface area contributed by atoms with E-state index in [4.69, 9.17) is 5.11 Å². The average molecular weight is 194 g/mol. The van der Waals surface area contributed by atoms with Crippen LogP contribution in [0.4, 0.5) is 0 Å². The number of fused-ring (bicyclic) bond motifs is 1. The van der Waals surface area contributed by atoms with E-state index in [1.807, 2.05) is 0 Å². The fourth-order valence-corrected chi connectivity index (χ4v) is 1.25. The summed E-state index contributed by atoms with van der Waals surface area (Å²) in [5, 5.41) is 13.1.